The van der Waals surface area contributed by atoms with E-state index < -0.39 is 111 Å². The molecule has 3 aliphatic heterocycles. The van der Waals surface area contributed by atoms with Crippen LogP contribution in [0, 0.1) is 0 Å². The van der Waals surface area contributed by atoms with Crippen molar-refractivity contribution in [1.82, 2.24) is 5.32 Å². The molecule has 224 valence electrons. The Labute approximate surface area is 220 Å². The molecule has 14 N–H and O–H groups in total. The quantitative estimate of drug-likeness (QED) is 0.0697. The maximum atomic E-state index is 11.7. The number of nitrogens with two attached hydrogens (primary N) is 3. The minimum absolute atomic E-state index is 0.383. The van der Waals surface area contributed by atoms with Crippen LogP contribution in [0.2, 0.25) is 0 Å². The first-order valence-corrected chi connectivity index (χ1v) is 11.9. The molecule has 0 aromatic carbocycles. The van der Waals surface area contributed by atoms with E-state index in [0.29, 0.717) is 0 Å². The summed E-state index contributed by atoms with van der Waals surface area (Å²) in [6.45, 7) is -1.58. The van der Waals surface area contributed by atoms with E-state index >= 15 is 0 Å². The van der Waals surface area contributed by atoms with E-state index in [1.165, 1.54) is 0 Å². The third-order valence-electron chi connectivity index (χ3n) is 6.60. The Balaban J connectivity index is 1.69. The number of nitrogens with one attached hydrogen (secondary N) is 1. The highest BCUT2D eigenvalue weighted by Crippen LogP contribution is 2.30. The summed E-state index contributed by atoms with van der Waals surface area (Å²) in [7, 11) is 0. The molecule has 0 spiro atoms. The Morgan fingerprint density at radius 3 is 1.95 bits per heavy atom. The molecule has 0 saturated carbocycles. The fourth-order valence-corrected chi connectivity index (χ4v) is 4.33. The van der Waals surface area contributed by atoms with Crippen molar-refractivity contribution in [3.63, 3.8) is 0 Å². The molecule has 20 nitrogen and oxygen atoms in total. The van der Waals surface area contributed by atoms with Crippen molar-refractivity contribution < 1.29 is 64.2 Å². The second-order valence-electron chi connectivity index (χ2n) is 9.25. The predicted octanol–water partition coefficient (Wildman–Crippen LogP) is -7.28. The summed E-state index contributed by atoms with van der Waals surface area (Å²) in [5.74, 6) is -0.712. The summed E-state index contributed by atoms with van der Waals surface area (Å²) in [5, 5.41) is 77.1. The third-order valence-corrected chi connectivity index (χ3v) is 6.60. The van der Waals surface area contributed by atoms with Crippen molar-refractivity contribution in [1.29, 1.82) is 0 Å². The van der Waals surface area contributed by atoms with Gasteiger partial charge in [-0.15, -0.1) is 0 Å². The lowest BCUT2D eigenvalue weighted by atomic mass is 9.96. The van der Waals surface area contributed by atoms with E-state index in [1.807, 2.05) is 0 Å². The maximum absolute atomic E-state index is 11.7. The number of aliphatic hydroxyl groups excluding tert-OH is 7. The minimum Gasteiger partial charge on any atom is -0.394 e. The first-order valence-electron chi connectivity index (χ1n) is 11.9. The summed E-state index contributed by atoms with van der Waals surface area (Å²) in [4.78, 5) is 14.1. The van der Waals surface area contributed by atoms with Gasteiger partial charge in [0.15, 0.2) is 12.6 Å². The van der Waals surface area contributed by atoms with E-state index in [0.717, 1.165) is 0 Å². The van der Waals surface area contributed by atoms with Crippen LogP contribution in [-0.2, 0) is 28.5 Å². The molecule has 3 saturated heterocycles. The Hall–Kier alpha value is -1.82. The zero-order chi connectivity index (χ0) is 29.0. The van der Waals surface area contributed by atoms with Crippen LogP contribution in [-0.4, -0.2) is 153 Å². The normalized spacial score (nSPS) is 46.8. The molecule has 1 amide bonds. The topological polar surface area (TPSA) is 344 Å². The lowest BCUT2D eigenvalue weighted by molar-refractivity contribution is -0.356. The zero-order valence-electron chi connectivity index (χ0n) is 20.4. The van der Waals surface area contributed by atoms with Gasteiger partial charge in [0.05, 0.1) is 12.6 Å². The van der Waals surface area contributed by atoms with Crippen molar-refractivity contribution in [3.8, 4) is 0 Å². The molecule has 0 aliphatic carbocycles. The van der Waals surface area contributed by atoms with Crippen LogP contribution < -0.4 is 22.5 Å². The highest BCUT2D eigenvalue weighted by atomic mass is 16.7. The summed E-state index contributed by atoms with van der Waals surface area (Å²) < 4.78 is 27.4. The Morgan fingerprint density at radius 2 is 1.38 bits per heavy atom. The molecule has 20 heteroatoms. The van der Waals surface area contributed by atoms with Crippen molar-refractivity contribution >= 4 is 5.91 Å². The SMILES string of the molecule is [N-]=[N+]=NCC(=O)NCC1O[C@H](O[C@@H]2C(N)O[C@@H](N)[C@@H](O[C@H]3OC(CO)[C@@H](O)[C@@H](N)C3O)C2O)[C@@H](O)C(O)[C@@H]1O. The number of hydrogen-bond donors (Lipinski definition) is 11. The molecule has 0 aromatic rings. The van der Waals surface area contributed by atoms with Gasteiger partial charge in [-0.25, -0.2) is 0 Å². The smallest absolute Gasteiger partial charge is 0.225 e. The van der Waals surface area contributed by atoms with Crippen LogP contribution in [0.3, 0.4) is 0 Å². The number of carbonyl (C=O) groups is 1. The Morgan fingerprint density at radius 1 is 0.821 bits per heavy atom. The summed E-state index contributed by atoms with van der Waals surface area (Å²) in [6, 6.07) is -1.28. The second kappa shape index (κ2) is 13.7. The summed E-state index contributed by atoms with van der Waals surface area (Å²) in [6.07, 6.45) is -21.8. The molecule has 15 atom stereocenters. The highest BCUT2D eigenvalue weighted by Gasteiger charge is 2.52. The van der Waals surface area contributed by atoms with Gasteiger partial charge in [-0.05, 0) is 5.53 Å². The third kappa shape index (κ3) is 7.10. The molecule has 0 aromatic heterocycles. The van der Waals surface area contributed by atoms with E-state index in [1.54, 1.807) is 0 Å². The fraction of sp³-hybridized carbons (Fsp3) is 0.947. The van der Waals surface area contributed by atoms with Gasteiger partial charge < -0.3 is 81.9 Å². The average molecular weight is 570 g/mol. The number of azide groups is 1. The van der Waals surface area contributed by atoms with Crippen molar-refractivity contribution in [2.45, 2.75) is 92.1 Å². The van der Waals surface area contributed by atoms with Gasteiger partial charge >= 0.3 is 0 Å². The van der Waals surface area contributed by atoms with Gasteiger partial charge in [0.25, 0.3) is 0 Å². The zero-order valence-corrected chi connectivity index (χ0v) is 20.4. The Kier molecular flexibility index (Phi) is 11.1. The maximum Gasteiger partial charge on any atom is 0.225 e. The molecule has 0 radical (unpaired) electrons. The highest BCUT2D eigenvalue weighted by molar-refractivity contribution is 5.78. The number of nitrogens with zero attached hydrogens (tertiary/aromatic N) is 3. The molecule has 6 unspecified atom stereocenters. The monoisotopic (exact) mass is 569 g/mol. The standard InChI is InChI=1S/C19H35N7O13/c20-7-8(29)5(3-27)36-18(10(7)31)37-14-13(34)15(17(22)39-16(14)21)38-19-12(33)11(32)9(30)4(35-19)1-24-6(28)2-25-26-23/h4-5,7-19,27,29-34H,1-3,20-22H2,(H,24,28)/t4?,5?,7-,8-,9-,10?,11?,12+,13?,14+,15+,16-,17?,18-,19-/m1/s1. The Bertz CT molecular complexity index is 870. The van der Waals surface area contributed by atoms with Crippen LogP contribution >= 0.6 is 0 Å². The van der Waals surface area contributed by atoms with Crippen LogP contribution in [0.5, 0.6) is 0 Å². The van der Waals surface area contributed by atoms with E-state index in [2.05, 4.69) is 15.3 Å². The van der Waals surface area contributed by atoms with E-state index in [-0.39, 0.29) is 6.54 Å². The van der Waals surface area contributed by atoms with E-state index in [4.69, 9.17) is 46.4 Å². The molecule has 3 fully saturated rings. The molecule has 39 heavy (non-hydrogen) atoms. The lowest BCUT2D eigenvalue weighted by Crippen LogP contribution is -2.69. The van der Waals surface area contributed by atoms with Crippen LogP contribution in [0.15, 0.2) is 5.11 Å². The predicted molar refractivity (Wildman–Crippen MR) is 122 cm³/mol. The number of hydrogen-bond acceptors (Lipinski definition) is 17. The van der Waals surface area contributed by atoms with Gasteiger partial charge in [-0.3, -0.25) is 4.79 Å². The van der Waals surface area contributed by atoms with Crippen molar-refractivity contribution in [2.24, 2.45) is 22.3 Å². The largest absolute Gasteiger partial charge is 0.394 e. The fourth-order valence-electron chi connectivity index (χ4n) is 4.33. The molecular formula is C19H35N7O13. The molecule has 3 aliphatic rings. The summed E-state index contributed by atoms with van der Waals surface area (Å²) in [5.41, 5.74) is 25.9. The lowest BCUT2D eigenvalue weighted by Gasteiger charge is -2.47. The molecular weight excluding hydrogens is 534 g/mol. The van der Waals surface area contributed by atoms with E-state index in [9.17, 15) is 40.5 Å². The summed E-state index contributed by atoms with van der Waals surface area (Å²) >= 11 is 0. The number of rotatable bonds is 9. The van der Waals surface area contributed by atoms with Gasteiger partial charge in [-0.1, -0.05) is 5.11 Å². The van der Waals surface area contributed by atoms with Crippen molar-refractivity contribution in [3.05, 3.63) is 10.4 Å². The van der Waals surface area contributed by atoms with Gasteiger partial charge in [0.2, 0.25) is 5.91 Å². The van der Waals surface area contributed by atoms with Gasteiger partial charge in [0.1, 0.15) is 80.0 Å². The first-order chi connectivity index (χ1) is 18.4. The number of carbonyl (C=O) groups excluding carboxylic acids is 1. The minimum atomic E-state index is -1.85. The number of aliphatic hydroxyl groups is 7. The molecule has 0 bridgehead atoms. The second-order valence-corrected chi connectivity index (χ2v) is 9.25. The van der Waals surface area contributed by atoms with Gasteiger partial charge in [-0.2, -0.15) is 0 Å². The van der Waals surface area contributed by atoms with Crippen LogP contribution in [0.25, 0.3) is 10.4 Å². The van der Waals surface area contributed by atoms with Crippen molar-refractivity contribution in [2.75, 3.05) is 19.7 Å². The number of amides is 1. The first kappa shape index (κ1) is 31.7. The molecule has 3 rings (SSSR count). The van der Waals surface area contributed by atoms with Crippen LogP contribution in [0.1, 0.15) is 0 Å². The van der Waals surface area contributed by atoms with Gasteiger partial charge in [0, 0.05) is 11.5 Å². The molecule has 3 heterocycles. The average Bonchev–Trinajstić information content (AvgIpc) is 2.91. The van der Waals surface area contributed by atoms with Crippen LogP contribution in [0.4, 0.5) is 0 Å². The number of ether oxygens (including phenoxy) is 5.